The van der Waals surface area contributed by atoms with E-state index in [-0.39, 0.29) is 36.0 Å². The Labute approximate surface area is 151 Å². The standard InChI is InChI=1S/C19H22O7/c1-9-8-12-16(10(2)18(24)25-12)17(26-15(23)7-6-14(21)22)19(3)11(9)4-5-13(19)20/h4-5,9,11-12,16-17H,2,6-8H2,1,3H3,(H,21,22)/t9-,11+,12-,16-,17+,19+/m1/s1. The summed E-state index contributed by atoms with van der Waals surface area (Å²) in [6.45, 7) is 7.52. The predicted molar refractivity (Wildman–Crippen MR) is 88.8 cm³/mol. The van der Waals surface area contributed by atoms with Crippen LogP contribution in [0.1, 0.15) is 33.1 Å². The highest BCUT2D eigenvalue weighted by atomic mass is 16.6. The molecular weight excluding hydrogens is 340 g/mol. The molecule has 0 aromatic heterocycles. The van der Waals surface area contributed by atoms with Crippen molar-refractivity contribution in [3.63, 3.8) is 0 Å². The van der Waals surface area contributed by atoms with Crippen LogP contribution < -0.4 is 0 Å². The molecule has 7 heteroatoms. The van der Waals surface area contributed by atoms with Crippen molar-refractivity contribution in [2.24, 2.45) is 23.2 Å². The quantitative estimate of drug-likeness (QED) is 0.599. The van der Waals surface area contributed by atoms with Gasteiger partial charge in [-0.05, 0) is 31.3 Å². The first kappa shape index (κ1) is 18.4. The van der Waals surface area contributed by atoms with Crippen molar-refractivity contribution in [2.45, 2.75) is 45.3 Å². The van der Waals surface area contributed by atoms with E-state index < -0.39 is 41.4 Å². The molecule has 6 atom stereocenters. The number of fused-ring (bicyclic) bond motifs is 2. The summed E-state index contributed by atoms with van der Waals surface area (Å²) in [5.74, 6) is -3.27. The maximum atomic E-state index is 12.7. The second kappa shape index (κ2) is 6.37. The monoisotopic (exact) mass is 362 g/mol. The van der Waals surface area contributed by atoms with Crippen molar-refractivity contribution in [3.8, 4) is 0 Å². The number of aliphatic carboxylic acids is 1. The Morgan fingerprint density at radius 3 is 2.73 bits per heavy atom. The number of allylic oxidation sites excluding steroid dienone is 2. The minimum absolute atomic E-state index is 0.0385. The third-order valence-corrected chi connectivity index (χ3v) is 5.94. The summed E-state index contributed by atoms with van der Waals surface area (Å²) in [5.41, 5.74) is -0.839. The van der Waals surface area contributed by atoms with Gasteiger partial charge in [-0.3, -0.25) is 14.4 Å². The molecule has 3 aliphatic rings. The molecule has 1 saturated carbocycles. The summed E-state index contributed by atoms with van der Waals surface area (Å²) in [4.78, 5) is 47.7. The Morgan fingerprint density at radius 2 is 2.08 bits per heavy atom. The normalized spacial score (nSPS) is 38.4. The van der Waals surface area contributed by atoms with E-state index in [2.05, 4.69) is 6.58 Å². The van der Waals surface area contributed by atoms with Crippen LogP contribution >= 0.6 is 0 Å². The number of hydrogen-bond acceptors (Lipinski definition) is 6. The highest BCUT2D eigenvalue weighted by Crippen LogP contribution is 2.54. The molecule has 2 fully saturated rings. The van der Waals surface area contributed by atoms with Gasteiger partial charge in [0.1, 0.15) is 12.2 Å². The number of ether oxygens (including phenoxy) is 2. The average Bonchev–Trinajstić information content (AvgIpc) is 2.98. The van der Waals surface area contributed by atoms with Gasteiger partial charge in [0.15, 0.2) is 5.78 Å². The van der Waals surface area contributed by atoms with Crippen molar-refractivity contribution < 1.29 is 33.8 Å². The molecule has 3 rings (SSSR count). The molecule has 7 nitrogen and oxygen atoms in total. The summed E-state index contributed by atoms with van der Waals surface area (Å²) in [6.07, 6.45) is 1.77. The number of carbonyl (C=O) groups is 4. The van der Waals surface area contributed by atoms with Gasteiger partial charge in [-0.15, -0.1) is 0 Å². The number of rotatable bonds is 4. The van der Waals surface area contributed by atoms with Crippen molar-refractivity contribution in [1.29, 1.82) is 0 Å². The van der Waals surface area contributed by atoms with Gasteiger partial charge in [-0.1, -0.05) is 19.6 Å². The molecular formula is C19H22O7. The zero-order valence-electron chi connectivity index (χ0n) is 14.8. The van der Waals surface area contributed by atoms with Gasteiger partial charge < -0.3 is 14.6 Å². The summed E-state index contributed by atoms with van der Waals surface area (Å²) < 4.78 is 11.1. The van der Waals surface area contributed by atoms with Crippen LogP contribution in [-0.2, 0) is 28.7 Å². The first-order chi connectivity index (χ1) is 12.2. The van der Waals surface area contributed by atoms with Crippen molar-refractivity contribution in [2.75, 3.05) is 0 Å². The molecule has 1 N–H and O–H groups in total. The fourth-order valence-corrected chi connectivity index (χ4v) is 4.56. The maximum absolute atomic E-state index is 12.7. The zero-order chi connectivity index (χ0) is 19.2. The molecule has 26 heavy (non-hydrogen) atoms. The van der Waals surface area contributed by atoms with E-state index in [1.54, 1.807) is 6.92 Å². The predicted octanol–water partition coefficient (Wildman–Crippen LogP) is 1.66. The van der Waals surface area contributed by atoms with Crippen LogP contribution in [0.25, 0.3) is 0 Å². The van der Waals surface area contributed by atoms with Crippen LogP contribution in [0.4, 0.5) is 0 Å². The van der Waals surface area contributed by atoms with Gasteiger partial charge in [0.05, 0.1) is 24.2 Å². The first-order valence-electron chi connectivity index (χ1n) is 8.70. The summed E-state index contributed by atoms with van der Waals surface area (Å²) in [7, 11) is 0. The first-order valence-corrected chi connectivity index (χ1v) is 8.70. The van der Waals surface area contributed by atoms with Gasteiger partial charge in [0, 0.05) is 5.57 Å². The molecule has 0 spiro atoms. The van der Waals surface area contributed by atoms with Crippen LogP contribution in [-0.4, -0.2) is 41.0 Å². The molecule has 0 aromatic rings. The Morgan fingerprint density at radius 1 is 1.38 bits per heavy atom. The number of esters is 2. The lowest BCUT2D eigenvalue weighted by molar-refractivity contribution is -0.166. The number of carboxylic acids is 1. The lowest BCUT2D eigenvalue weighted by Crippen LogP contribution is -2.49. The van der Waals surface area contributed by atoms with Crippen LogP contribution in [0, 0.1) is 23.2 Å². The minimum atomic E-state index is -1.11. The molecule has 0 aromatic carbocycles. The number of carbonyl (C=O) groups excluding carboxylic acids is 3. The van der Waals surface area contributed by atoms with Gasteiger partial charge in [-0.25, -0.2) is 4.79 Å². The van der Waals surface area contributed by atoms with Gasteiger partial charge in [0.2, 0.25) is 0 Å². The average molecular weight is 362 g/mol. The Balaban J connectivity index is 1.98. The van der Waals surface area contributed by atoms with Gasteiger partial charge in [0.25, 0.3) is 0 Å². The topological polar surface area (TPSA) is 107 Å². The van der Waals surface area contributed by atoms with Crippen LogP contribution in [0.5, 0.6) is 0 Å². The molecule has 140 valence electrons. The van der Waals surface area contributed by atoms with E-state index in [0.29, 0.717) is 6.42 Å². The molecule has 1 aliphatic heterocycles. The second-order valence-electron chi connectivity index (χ2n) is 7.54. The largest absolute Gasteiger partial charge is 0.481 e. The van der Waals surface area contributed by atoms with Gasteiger partial charge >= 0.3 is 17.9 Å². The number of ketones is 1. The number of hydrogen-bond donors (Lipinski definition) is 1. The molecule has 1 saturated heterocycles. The zero-order valence-corrected chi connectivity index (χ0v) is 14.8. The second-order valence-corrected chi connectivity index (χ2v) is 7.54. The fourth-order valence-electron chi connectivity index (χ4n) is 4.56. The third kappa shape index (κ3) is 2.75. The van der Waals surface area contributed by atoms with E-state index in [1.807, 2.05) is 13.0 Å². The van der Waals surface area contributed by atoms with E-state index in [0.717, 1.165) is 0 Å². The summed E-state index contributed by atoms with van der Waals surface area (Å²) >= 11 is 0. The van der Waals surface area contributed by atoms with Crippen LogP contribution in [0.3, 0.4) is 0 Å². The van der Waals surface area contributed by atoms with Crippen molar-refractivity contribution in [1.82, 2.24) is 0 Å². The molecule has 2 aliphatic carbocycles. The van der Waals surface area contributed by atoms with Crippen LogP contribution in [0.2, 0.25) is 0 Å². The highest BCUT2D eigenvalue weighted by Gasteiger charge is 2.61. The lowest BCUT2D eigenvalue weighted by Gasteiger charge is -2.39. The van der Waals surface area contributed by atoms with Crippen LogP contribution in [0.15, 0.2) is 24.3 Å². The SMILES string of the molecule is C=C1C(=O)O[C@@H]2C[C@@H](C)[C@@H]3C=CC(=O)[C@@]3(C)[C@@H](OC(=O)CCC(=O)O)[C@H]12. The molecule has 0 unspecified atom stereocenters. The highest BCUT2D eigenvalue weighted by molar-refractivity contribution is 5.99. The molecule has 0 bridgehead atoms. The Kier molecular flexibility index (Phi) is 4.50. The van der Waals surface area contributed by atoms with E-state index in [4.69, 9.17) is 14.6 Å². The minimum Gasteiger partial charge on any atom is -0.481 e. The smallest absolute Gasteiger partial charge is 0.334 e. The third-order valence-electron chi connectivity index (χ3n) is 5.94. The Hall–Kier alpha value is -2.44. The van der Waals surface area contributed by atoms with Gasteiger partial charge in [-0.2, -0.15) is 0 Å². The maximum Gasteiger partial charge on any atom is 0.334 e. The molecule has 0 amide bonds. The lowest BCUT2D eigenvalue weighted by atomic mass is 9.67. The fraction of sp³-hybridized carbons (Fsp3) is 0.579. The Bertz CT molecular complexity index is 721. The van der Waals surface area contributed by atoms with Crippen molar-refractivity contribution in [3.05, 3.63) is 24.3 Å². The van der Waals surface area contributed by atoms with E-state index >= 15 is 0 Å². The molecule has 0 radical (unpaired) electrons. The van der Waals surface area contributed by atoms with E-state index in [1.165, 1.54) is 6.08 Å². The number of carboxylic acid groups (broad SMARTS) is 1. The summed E-state index contributed by atoms with van der Waals surface area (Å²) in [5, 5.41) is 8.77. The summed E-state index contributed by atoms with van der Waals surface area (Å²) in [6, 6.07) is 0. The molecule has 1 heterocycles. The van der Waals surface area contributed by atoms with Crippen molar-refractivity contribution >= 4 is 23.7 Å². The van der Waals surface area contributed by atoms with E-state index in [9.17, 15) is 19.2 Å².